The molecule has 3 aromatic rings. The fourth-order valence-corrected chi connectivity index (χ4v) is 3.23. The molecule has 0 aliphatic carbocycles. The van der Waals surface area contributed by atoms with Gasteiger partial charge in [0.1, 0.15) is 12.4 Å². The number of aromatic nitrogens is 1. The van der Waals surface area contributed by atoms with Gasteiger partial charge in [-0.3, -0.25) is 4.79 Å². The molecule has 1 amide bonds. The summed E-state index contributed by atoms with van der Waals surface area (Å²) in [5.74, 6) is 0.594. The van der Waals surface area contributed by atoms with Crippen molar-refractivity contribution in [3.8, 4) is 5.75 Å². The summed E-state index contributed by atoms with van der Waals surface area (Å²) >= 11 is 7.49. The number of amides is 1. The van der Waals surface area contributed by atoms with Crippen molar-refractivity contribution in [3.05, 3.63) is 80.8 Å². The zero-order valence-corrected chi connectivity index (χ0v) is 16.2. The van der Waals surface area contributed by atoms with Gasteiger partial charge in [-0.05, 0) is 42.8 Å². The average molecular weight is 387 g/mol. The zero-order chi connectivity index (χ0) is 18.5. The quantitative estimate of drug-likeness (QED) is 0.601. The van der Waals surface area contributed by atoms with E-state index in [1.165, 1.54) is 0 Å². The maximum Gasteiger partial charge on any atom is 0.254 e. The number of benzene rings is 2. The molecule has 0 saturated carbocycles. The van der Waals surface area contributed by atoms with E-state index in [2.05, 4.69) is 4.98 Å². The van der Waals surface area contributed by atoms with E-state index in [1.807, 2.05) is 48.7 Å². The lowest BCUT2D eigenvalue weighted by atomic mass is 10.1. The Morgan fingerprint density at radius 3 is 2.69 bits per heavy atom. The lowest BCUT2D eigenvalue weighted by Gasteiger charge is -2.18. The van der Waals surface area contributed by atoms with Gasteiger partial charge in [-0.1, -0.05) is 29.8 Å². The van der Waals surface area contributed by atoms with Gasteiger partial charge in [-0.15, -0.1) is 11.3 Å². The fraction of sp³-hybridized carbons (Fsp3) is 0.200. The summed E-state index contributed by atoms with van der Waals surface area (Å²) in [4.78, 5) is 18.7. The Kier molecular flexibility index (Phi) is 5.91. The largest absolute Gasteiger partial charge is 0.487 e. The van der Waals surface area contributed by atoms with E-state index in [9.17, 15) is 4.79 Å². The average Bonchev–Trinajstić information content (AvgIpc) is 3.07. The standard InChI is InChI=1S/C20H19ClN2O2S/c1-14-22-18(13-26-14)12-25-19-5-3-4-16(10-19)20(24)23(2)11-15-6-8-17(21)9-7-15/h3-10,13H,11-12H2,1-2H3. The van der Waals surface area contributed by atoms with E-state index < -0.39 is 0 Å². The highest BCUT2D eigenvalue weighted by atomic mass is 35.5. The number of carbonyl (C=O) groups is 1. The molecule has 0 fully saturated rings. The third-order valence-electron chi connectivity index (χ3n) is 3.81. The van der Waals surface area contributed by atoms with Gasteiger partial charge in [0.2, 0.25) is 0 Å². The molecular formula is C20H19ClN2O2S. The van der Waals surface area contributed by atoms with Gasteiger partial charge in [0.25, 0.3) is 5.91 Å². The predicted molar refractivity (Wildman–Crippen MR) is 105 cm³/mol. The minimum Gasteiger partial charge on any atom is -0.487 e. The number of carbonyl (C=O) groups excluding carboxylic acids is 1. The summed E-state index contributed by atoms with van der Waals surface area (Å²) in [6.07, 6.45) is 0. The number of thiazole rings is 1. The van der Waals surface area contributed by atoms with Crippen molar-refractivity contribution in [3.63, 3.8) is 0 Å². The van der Waals surface area contributed by atoms with Gasteiger partial charge >= 0.3 is 0 Å². The van der Waals surface area contributed by atoms with Crippen molar-refractivity contribution in [2.75, 3.05) is 7.05 Å². The van der Waals surface area contributed by atoms with Crippen LogP contribution in [-0.2, 0) is 13.2 Å². The van der Waals surface area contributed by atoms with E-state index in [1.54, 1.807) is 35.4 Å². The predicted octanol–water partition coefficient (Wildman–Crippen LogP) is 4.96. The second-order valence-corrected chi connectivity index (χ2v) is 7.46. The molecule has 26 heavy (non-hydrogen) atoms. The Morgan fingerprint density at radius 2 is 2.00 bits per heavy atom. The zero-order valence-electron chi connectivity index (χ0n) is 14.6. The summed E-state index contributed by atoms with van der Waals surface area (Å²) in [7, 11) is 1.78. The van der Waals surface area contributed by atoms with Crippen LogP contribution in [0.4, 0.5) is 0 Å². The van der Waals surface area contributed by atoms with Crippen LogP contribution in [0, 0.1) is 6.92 Å². The second-order valence-electron chi connectivity index (χ2n) is 5.96. The molecule has 3 rings (SSSR count). The number of rotatable bonds is 6. The van der Waals surface area contributed by atoms with Gasteiger partial charge in [0.15, 0.2) is 0 Å². The molecular weight excluding hydrogens is 368 g/mol. The topological polar surface area (TPSA) is 42.4 Å². The van der Waals surface area contributed by atoms with Crippen LogP contribution < -0.4 is 4.74 Å². The molecule has 134 valence electrons. The van der Waals surface area contributed by atoms with Crippen molar-refractivity contribution in [1.29, 1.82) is 0 Å². The molecule has 0 N–H and O–H groups in total. The molecule has 6 heteroatoms. The van der Waals surface area contributed by atoms with Gasteiger partial charge in [0.05, 0.1) is 10.7 Å². The van der Waals surface area contributed by atoms with Crippen molar-refractivity contribution >= 4 is 28.8 Å². The summed E-state index contributed by atoms with van der Waals surface area (Å²) in [6.45, 7) is 2.87. The summed E-state index contributed by atoms with van der Waals surface area (Å²) in [5.41, 5.74) is 2.51. The highest BCUT2D eigenvalue weighted by Crippen LogP contribution is 2.18. The molecule has 2 aromatic carbocycles. The Bertz CT molecular complexity index is 893. The molecule has 0 unspecified atom stereocenters. The van der Waals surface area contributed by atoms with Crippen LogP contribution in [-0.4, -0.2) is 22.8 Å². The van der Waals surface area contributed by atoms with E-state index in [0.29, 0.717) is 29.5 Å². The highest BCUT2D eigenvalue weighted by Gasteiger charge is 2.13. The number of aryl methyl sites for hydroxylation is 1. The lowest BCUT2D eigenvalue weighted by Crippen LogP contribution is -2.26. The molecule has 1 aromatic heterocycles. The van der Waals surface area contributed by atoms with Crippen LogP contribution in [0.1, 0.15) is 26.6 Å². The Balaban J connectivity index is 1.64. The Morgan fingerprint density at radius 1 is 1.23 bits per heavy atom. The summed E-state index contributed by atoms with van der Waals surface area (Å²) in [5, 5.41) is 3.67. The molecule has 0 bridgehead atoms. The third kappa shape index (κ3) is 4.84. The third-order valence-corrected chi connectivity index (χ3v) is 4.89. The number of nitrogens with zero attached hydrogens (tertiary/aromatic N) is 2. The molecule has 0 atom stereocenters. The van der Waals surface area contributed by atoms with Crippen LogP contribution in [0.2, 0.25) is 5.02 Å². The smallest absolute Gasteiger partial charge is 0.254 e. The van der Waals surface area contributed by atoms with Crippen LogP contribution in [0.25, 0.3) is 0 Å². The first kappa shape index (κ1) is 18.4. The van der Waals surface area contributed by atoms with E-state index in [-0.39, 0.29) is 5.91 Å². The van der Waals surface area contributed by atoms with Crippen molar-refractivity contribution in [2.45, 2.75) is 20.1 Å². The Labute approximate surface area is 162 Å². The van der Waals surface area contributed by atoms with Gasteiger partial charge in [-0.25, -0.2) is 4.98 Å². The van der Waals surface area contributed by atoms with E-state index in [4.69, 9.17) is 16.3 Å². The highest BCUT2D eigenvalue weighted by molar-refractivity contribution is 7.09. The first-order chi connectivity index (χ1) is 12.5. The number of hydrogen-bond acceptors (Lipinski definition) is 4. The molecule has 0 aliphatic rings. The van der Waals surface area contributed by atoms with Crippen molar-refractivity contribution in [1.82, 2.24) is 9.88 Å². The molecule has 0 saturated heterocycles. The minimum absolute atomic E-state index is 0.0603. The summed E-state index contributed by atoms with van der Waals surface area (Å²) < 4.78 is 5.77. The van der Waals surface area contributed by atoms with Gasteiger partial charge in [0, 0.05) is 29.6 Å². The number of hydrogen-bond donors (Lipinski definition) is 0. The van der Waals surface area contributed by atoms with Crippen LogP contribution in [0.15, 0.2) is 53.9 Å². The maximum atomic E-state index is 12.7. The van der Waals surface area contributed by atoms with Gasteiger partial charge in [-0.2, -0.15) is 0 Å². The first-order valence-electron chi connectivity index (χ1n) is 8.15. The molecule has 0 radical (unpaired) electrons. The number of ether oxygens (including phenoxy) is 1. The van der Waals surface area contributed by atoms with E-state index >= 15 is 0 Å². The van der Waals surface area contributed by atoms with Crippen molar-refractivity contribution in [2.24, 2.45) is 0 Å². The first-order valence-corrected chi connectivity index (χ1v) is 9.41. The summed E-state index contributed by atoms with van der Waals surface area (Å²) in [6, 6.07) is 14.7. The molecule has 1 heterocycles. The lowest BCUT2D eigenvalue weighted by molar-refractivity contribution is 0.0784. The van der Waals surface area contributed by atoms with Crippen LogP contribution in [0.3, 0.4) is 0 Å². The van der Waals surface area contributed by atoms with Crippen LogP contribution in [0.5, 0.6) is 5.75 Å². The fourth-order valence-electron chi connectivity index (χ4n) is 2.51. The Hall–Kier alpha value is -2.37. The second kappa shape index (κ2) is 8.34. The SMILES string of the molecule is Cc1nc(COc2cccc(C(=O)N(C)Cc3ccc(Cl)cc3)c2)cs1. The molecule has 0 spiro atoms. The normalized spacial score (nSPS) is 10.6. The maximum absolute atomic E-state index is 12.7. The van der Waals surface area contributed by atoms with Crippen LogP contribution >= 0.6 is 22.9 Å². The van der Waals surface area contributed by atoms with Crippen molar-refractivity contribution < 1.29 is 9.53 Å². The van der Waals surface area contributed by atoms with Gasteiger partial charge < -0.3 is 9.64 Å². The molecule has 0 aliphatic heterocycles. The van der Waals surface area contributed by atoms with E-state index in [0.717, 1.165) is 16.3 Å². The monoisotopic (exact) mass is 386 g/mol. The minimum atomic E-state index is -0.0603. The molecule has 4 nitrogen and oxygen atoms in total. The number of halogens is 1.